The van der Waals surface area contributed by atoms with Crippen molar-refractivity contribution in [1.82, 2.24) is 20.3 Å². The van der Waals surface area contributed by atoms with Gasteiger partial charge in [0.2, 0.25) is 0 Å². The molecule has 158 valence electrons. The minimum absolute atomic E-state index is 0.0230. The predicted molar refractivity (Wildman–Crippen MR) is 105 cm³/mol. The molecule has 1 saturated carbocycles. The van der Waals surface area contributed by atoms with Crippen LogP contribution in [0.2, 0.25) is 0 Å². The van der Waals surface area contributed by atoms with Crippen LogP contribution < -0.4 is 10.6 Å². The lowest BCUT2D eigenvalue weighted by atomic mass is 9.91. The Morgan fingerprint density at radius 3 is 2.70 bits per heavy atom. The summed E-state index contributed by atoms with van der Waals surface area (Å²) in [6, 6.07) is 1.97. The molecular weight excluding hydrogens is 399 g/mol. The molecule has 0 radical (unpaired) electrons. The molecule has 0 bridgehead atoms. The van der Waals surface area contributed by atoms with Crippen molar-refractivity contribution < 1.29 is 23.1 Å². The number of aromatic nitrogens is 3. The smallest absolute Gasteiger partial charge is 0.357 e. The SMILES string of the molecule is CNC1CCCC(Nc2nc(-c3c[nH]c4c(F)cc(F)cc34)nc(C(=O)O)c2F)C1. The van der Waals surface area contributed by atoms with E-state index in [-0.39, 0.29) is 40.2 Å². The Bertz CT molecular complexity index is 1120. The van der Waals surface area contributed by atoms with Gasteiger partial charge in [-0.05, 0) is 38.8 Å². The first kappa shape index (κ1) is 20.1. The molecule has 30 heavy (non-hydrogen) atoms. The minimum atomic E-state index is -1.56. The van der Waals surface area contributed by atoms with Gasteiger partial charge in [-0.25, -0.2) is 27.9 Å². The molecule has 2 heterocycles. The molecule has 0 saturated heterocycles. The Kier molecular flexibility index (Phi) is 5.33. The van der Waals surface area contributed by atoms with Crippen LogP contribution in [0.1, 0.15) is 36.2 Å². The Labute approximate surface area is 169 Å². The van der Waals surface area contributed by atoms with Gasteiger partial charge in [0.15, 0.2) is 23.2 Å². The molecule has 1 aliphatic carbocycles. The van der Waals surface area contributed by atoms with E-state index in [0.717, 1.165) is 37.8 Å². The highest BCUT2D eigenvalue weighted by atomic mass is 19.1. The number of halogens is 3. The summed E-state index contributed by atoms with van der Waals surface area (Å²) < 4.78 is 42.6. The number of carboxylic acid groups (broad SMARTS) is 1. The molecule has 2 aromatic heterocycles. The van der Waals surface area contributed by atoms with Gasteiger partial charge in [-0.15, -0.1) is 0 Å². The number of carbonyl (C=O) groups is 1. The fourth-order valence-corrected chi connectivity index (χ4v) is 3.92. The normalized spacial score (nSPS) is 19.2. The van der Waals surface area contributed by atoms with Gasteiger partial charge in [-0.3, -0.25) is 0 Å². The number of aromatic amines is 1. The lowest BCUT2D eigenvalue weighted by Crippen LogP contribution is -2.37. The summed E-state index contributed by atoms with van der Waals surface area (Å²) in [5.74, 6) is -4.64. The summed E-state index contributed by atoms with van der Waals surface area (Å²) >= 11 is 0. The molecule has 0 aliphatic heterocycles. The number of H-pyrrole nitrogens is 1. The first-order chi connectivity index (χ1) is 14.4. The number of fused-ring (bicyclic) bond motifs is 1. The van der Waals surface area contributed by atoms with Crippen LogP contribution in [-0.2, 0) is 0 Å². The second-order valence-electron chi connectivity index (χ2n) is 7.37. The van der Waals surface area contributed by atoms with E-state index in [1.54, 1.807) is 0 Å². The molecule has 0 amide bonds. The number of aromatic carboxylic acids is 1. The van der Waals surface area contributed by atoms with Gasteiger partial charge in [0, 0.05) is 35.3 Å². The fraction of sp³-hybridized carbons (Fsp3) is 0.350. The van der Waals surface area contributed by atoms with Gasteiger partial charge in [0.05, 0.1) is 5.52 Å². The zero-order chi connectivity index (χ0) is 21.4. The molecule has 0 spiro atoms. The number of carboxylic acids is 1. The van der Waals surface area contributed by atoms with Crippen LogP contribution in [0.25, 0.3) is 22.3 Å². The van der Waals surface area contributed by atoms with Crippen LogP contribution >= 0.6 is 0 Å². The van der Waals surface area contributed by atoms with E-state index >= 15 is 0 Å². The number of hydrogen-bond acceptors (Lipinski definition) is 5. The third-order valence-electron chi connectivity index (χ3n) is 5.42. The average molecular weight is 419 g/mol. The minimum Gasteiger partial charge on any atom is -0.476 e. The van der Waals surface area contributed by atoms with E-state index in [2.05, 4.69) is 25.6 Å². The lowest BCUT2D eigenvalue weighted by Gasteiger charge is -2.30. The maximum atomic E-state index is 14.8. The van der Waals surface area contributed by atoms with Gasteiger partial charge < -0.3 is 20.7 Å². The molecule has 2 atom stereocenters. The molecule has 7 nitrogen and oxygen atoms in total. The molecule has 4 rings (SSSR count). The monoisotopic (exact) mass is 419 g/mol. The summed E-state index contributed by atoms with van der Waals surface area (Å²) in [7, 11) is 1.86. The number of anilines is 1. The molecule has 1 aromatic carbocycles. The molecular formula is C20H20F3N5O2. The Balaban J connectivity index is 1.79. The molecule has 2 unspecified atom stereocenters. The van der Waals surface area contributed by atoms with Crippen LogP contribution in [0.4, 0.5) is 19.0 Å². The summed E-state index contributed by atoms with van der Waals surface area (Å²) in [6.45, 7) is 0. The summed E-state index contributed by atoms with van der Waals surface area (Å²) in [5, 5.41) is 15.7. The van der Waals surface area contributed by atoms with Crippen LogP contribution in [0.15, 0.2) is 18.3 Å². The molecule has 1 aliphatic rings. The third-order valence-corrected chi connectivity index (χ3v) is 5.42. The van der Waals surface area contributed by atoms with Crippen molar-refractivity contribution in [3.8, 4) is 11.4 Å². The quantitative estimate of drug-likeness (QED) is 0.503. The standard InChI is InChI=1S/C20H20F3N5O2/c1-24-10-3-2-4-11(7-10)26-19-15(23)17(20(29)30)27-18(28-19)13-8-25-16-12(13)5-9(21)6-14(16)22/h5-6,8,10-11,24-25H,2-4,7H2,1H3,(H,29,30)(H,26,27,28). The predicted octanol–water partition coefficient (Wildman–Crippen LogP) is 3.68. The molecule has 1 fully saturated rings. The lowest BCUT2D eigenvalue weighted by molar-refractivity contribution is 0.0685. The van der Waals surface area contributed by atoms with Crippen molar-refractivity contribution in [1.29, 1.82) is 0 Å². The van der Waals surface area contributed by atoms with Crippen molar-refractivity contribution >= 4 is 22.7 Å². The van der Waals surface area contributed by atoms with Crippen molar-refractivity contribution in [2.45, 2.75) is 37.8 Å². The van der Waals surface area contributed by atoms with Gasteiger partial charge >= 0.3 is 5.97 Å². The van der Waals surface area contributed by atoms with E-state index < -0.39 is 29.1 Å². The zero-order valence-corrected chi connectivity index (χ0v) is 16.1. The first-order valence-corrected chi connectivity index (χ1v) is 9.58. The second kappa shape index (κ2) is 7.94. The van der Waals surface area contributed by atoms with E-state index in [1.165, 1.54) is 6.20 Å². The van der Waals surface area contributed by atoms with Crippen molar-refractivity contribution in [3.63, 3.8) is 0 Å². The maximum Gasteiger partial charge on any atom is 0.357 e. The first-order valence-electron chi connectivity index (χ1n) is 9.58. The maximum absolute atomic E-state index is 14.8. The van der Waals surface area contributed by atoms with E-state index in [1.807, 2.05) is 7.05 Å². The van der Waals surface area contributed by atoms with Crippen LogP contribution in [-0.4, -0.2) is 45.2 Å². The van der Waals surface area contributed by atoms with Gasteiger partial charge in [-0.1, -0.05) is 0 Å². The molecule has 10 heteroatoms. The zero-order valence-electron chi connectivity index (χ0n) is 16.1. The Morgan fingerprint density at radius 2 is 1.97 bits per heavy atom. The number of nitrogens with one attached hydrogen (secondary N) is 3. The van der Waals surface area contributed by atoms with Crippen molar-refractivity contribution in [2.75, 3.05) is 12.4 Å². The summed E-state index contributed by atoms with van der Waals surface area (Å²) in [4.78, 5) is 22.2. The average Bonchev–Trinajstić information content (AvgIpc) is 3.13. The highest BCUT2D eigenvalue weighted by Crippen LogP contribution is 2.31. The molecule has 3 aromatic rings. The summed E-state index contributed by atoms with van der Waals surface area (Å²) in [5.41, 5.74) is -0.616. The number of benzene rings is 1. The largest absolute Gasteiger partial charge is 0.476 e. The highest BCUT2D eigenvalue weighted by molar-refractivity contribution is 5.95. The van der Waals surface area contributed by atoms with Crippen molar-refractivity contribution in [3.05, 3.63) is 41.5 Å². The summed E-state index contributed by atoms with van der Waals surface area (Å²) in [6.07, 6.45) is 4.77. The third kappa shape index (κ3) is 3.70. The van der Waals surface area contributed by atoms with Crippen LogP contribution in [0.5, 0.6) is 0 Å². The van der Waals surface area contributed by atoms with Gasteiger partial charge in [0.25, 0.3) is 0 Å². The van der Waals surface area contributed by atoms with E-state index in [0.29, 0.717) is 0 Å². The molecule has 4 N–H and O–H groups in total. The van der Waals surface area contributed by atoms with Gasteiger partial charge in [-0.2, -0.15) is 0 Å². The topological polar surface area (TPSA) is 103 Å². The number of rotatable bonds is 5. The van der Waals surface area contributed by atoms with Crippen LogP contribution in [0, 0.1) is 17.5 Å². The second-order valence-corrected chi connectivity index (χ2v) is 7.37. The Hall–Kier alpha value is -3.14. The van der Waals surface area contributed by atoms with Gasteiger partial charge in [0.1, 0.15) is 11.6 Å². The van der Waals surface area contributed by atoms with Crippen molar-refractivity contribution in [2.24, 2.45) is 0 Å². The highest BCUT2D eigenvalue weighted by Gasteiger charge is 2.26. The number of nitrogens with zero attached hydrogens (tertiary/aromatic N) is 2. The number of hydrogen-bond donors (Lipinski definition) is 4. The van der Waals surface area contributed by atoms with E-state index in [9.17, 15) is 23.1 Å². The fourth-order valence-electron chi connectivity index (χ4n) is 3.92. The van der Waals surface area contributed by atoms with Crippen LogP contribution in [0.3, 0.4) is 0 Å². The van der Waals surface area contributed by atoms with E-state index in [4.69, 9.17) is 0 Å². The Morgan fingerprint density at radius 1 is 1.20 bits per heavy atom.